The summed E-state index contributed by atoms with van der Waals surface area (Å²) in [5.74, 6) is -0.816. The monoisotopic (exact) mass is 283 g/mol. The summed E-state index contributed by atoms with van der Waals surface area (Å²) < 4.78 is 0. The number of carboxylic acid groups (broad SMARTS) is 1. The van der Waals surface area contributed by atoms with E-state index in [0.29, 0.717) is 25.9 Å². The number of carboxylic acids is 1. The number of carbonyl (C=O) groups excluding carboxylic acids is 1. The van der Waals surface area contributed by atoms with Crippen molar-refractivity contribution in [1.29, 1.82) is 0 Å². The SMILES string of the molecule is O=C(O)CC1CCN(C(=O)c2ccc(Cl)nn2)CC1. The minimum absolute atomic E-state index is 0.151. The van der Waals surface area contributed by atoms with Crippen molar-refractivity contribution in [3.8, 4) is 0 Å². The molecule has 19 heavy (non-hydrogen) atoms. The van der Waals surface area contributed by atoms with Gasteiger partial charge < -0.3 is 10.0 Å². The van der Waals surface area contributed by atoms with E-state index in [4.69, 9.17) is 16.7 Å². The molecule has 0 unspecified atom stereocenters. The van der Waals surface area contributed by atoms with Crippen LogP contribution in [-0.4, -0.2) is 45.2 Å². The van der Waals surface area contributed by atoms with Crippen molar-refractivity contribution in [3.05, 3.63) is 23.0 Å². The van der Waals surface area contributed by atoms with Crippen LogP contribution in [-0.2, 0) is 4.79 Å². The number of hydrogen-bond donors (Lipinski definition) is 1. The Balaban J connectivity index is 1.92. The van der Waals surface area contributed by atoms with Gasteiger partial charge in [0.05, 0.1) is 0 Å². The van der Waals surface area contributed by atoms with E-state index in [0.717, 1.165) is 0 Å². The zero-order valence-electron chi connectivity index (χ0n) is 10.3. The number of nitrogens with zero attached hydrogens (tertiary/aromatic N) is 3. The molecule has 1 saturated heterocycles. The molecule has 1 aliphatic heterocycles. The number of halogens is 1. The van der Waals surface area contributed by atoms with Crippen molar-refractivity contribution < 1.29 is 14.7 Å². The smallest absolute Gasteiger partial charge is 0.303 e. The van der Waals surface area contributed by atoms with Gasteiger partial charge in [-0.25, -0.2) is 0 Å². The van der Waals surface area contributed by atoms with Crippen molar-refractivity contribution in [2.45, 2.75) is 19.3 Å². The summed E-state index contributed by atoms with van der Waals surface area (Å²) in [7, 11) is 0. The molecule has 102 valence electrons. The summed E-state index contributed by atoms with van der Waals surface area (Å²) in [6.07, 6.45) is 1.58. The number of hydrogen-bond acceptors (Lipinski definition) is 4. The van der Waals surface area contributed by atoms with Gasteiger partial charge in [0.2, 0.25) is 0 Å². The van der Waals surface area contributed by atoms with Crippen LogP contribution in [0.2, 0.25) is 5.15 Å². The first-order valence-electron chi connectivity index (χ1n) is 6.06. The predicted molar refractivity (Wildman–Crippen MR) is 67.9 cm³/mol. The van der Waals surface area contributed by atoms with E-state index in [1.54, 1.807) is 11.0 Å². The number of rotatable bonds is 3. The molecular weight excluding hydrogens is 270 g/mol. The van der Waals surface area contributed by atoms with E-state index in [1.807, 2.05) is 0 Å². The number of likely N-dealkylation sites (tertiary alicyclic amines) is 1. The Morgan fingerprint density at radius 1 is 1.32 bits per heavy atom. The summed E-state index contributed by atoms with van der Waals surface area (Å²) in [6, 6.07) is 3.07. The lowest BCUT2D eigenvalue weighted by Crippen LogP contribution is -2.39. The minimum atomic E-state index is -0.784. The lowest BCUT2D eigenvalue weighted by Gasteiger charge is -2.31. The van der Waals surface area contributed by atoms with Crippen LogP contribution in [0, 0.1) is 5.92 Å². The zero-order valence-corrected chi connectivity index (χ0v) is 11.0. The largest absolute Gasteiger partial charge is 0.481 e. The van der Waals surface area contributed by atoms with Crippen molar-refractivity contribution in [3.63, 3.8) is 0 Å². The summed E-state index contributed by atoms with van der Waals surface area (Å²) in [4.78, 5) is 24.4. The van der Waals surface area contributed by atoms with E-state index in [-0.39, 0.29) is 29.1 Å². The topological polar surface area (TPSA) is 83.4 Å². The van der Waals surface area contributed by atoms with Crippen LogP contribution in [0.1, 0.15) is 29.8 Å². The molecule has 0 aromatic carbocycles. The summed E-state index contributed by atoms with van der Waals surface area (Å²) in [5, 5.41) is 16.4. The fourth-order valence-electron chi connectivity index (χ4n) is 2.18. The van der Waals surface area contributed by atoms with Crippen molar-refractivity contribution in [1.82, 2.24) is 15.1 Å². The lowest BCUT2D eigenvalue weighted by atomic mass is 9.93. The quantitative estimate of drug-likeness (QED) is 0.908. The number of aromatic nitrogens is 2. The summed E-state index contributed by atoms with van der Waals surface area (Å²) in [5.41, 5.74) is 0.265. The lowest BCUT2D eigenvalue weighted by molar-refractivity contribution is -0.138. The van der Waals surface area contributed by atoms with E-state index >= 15 is 0 Å². The molecule has 0 aliphatic carbocycles. The van der Waals surface area contributed by atoms with Crippen LogP contribution in [0.25, 0.3) is 0 Å². The van der Waals surface area contributed by atoms with Crippen LogP contribution >= 0.6 is 11.6 Å². The molecule has 2 heterocycles. The Hall–Kier alpha value is -1.69. The fraction of sp³-hybridized carbons (Fsp3) is 0.500. The zero-order chi connectivity index (χ0) is 13.8. The fourth-order valence-corrected chi connectivity index (χ4v) is 2.28. The first kappa shape index (κ1) is 13.7. The highest BCUT2D eigenvalue weighted by atomic mass is 35.5. The molecule has 0 atom stereocenters. The second kappa shape index (κ2) is 5.97. The van der Waals surface area contributed by atoms with Gasteiger partial charge in [0.1, 0.15) is 0 Å². The van der Waals surface area contributed by atoms with E-state index in [9.17, 15) is 9.59 Å². The molecule has 0 spiro atoms. The van der Waals surface area contributed by atoms with Gasteiger partial charge in [0.15, 0.2) is 10.8 Å². The Morgan fingerprint density at radius 2 is 2.00 bits per heavy atom. The van der Waals surface area contributed by atoms with E-state index < -0.39 is 5.97 Å². The maximum Gasteiger partial charge on any atom is 0.303 e. The highest BCUT2D eigenvalue weighted by molar-refractivity contribution is 6.29. The van der Waals surface area contributed by atoms with Gasteiger partial charge in [-0.05, 0) is 30.9 Å². The molecule has 2 rings (SSSR count). The van der Waals surface area contributed by atoms with Crippen molar-refractivity contribution >= 4 is 23.5 Å². The molecule has 1 aromatic heterocycles. The Bertz CT molecular complexity index is 470. The van der Waals surface area contributed by atoms with Gasteiger partial charge >= 0.3 is 5.97 Å². The van der Waals surface area contributed by atoms with Crippen molar-refractivity contribution in [2.75, 3.05) is 13.1 Å². The van der Waals surface area contributed by atoms with Gasteiger partial charge in [-0.2, -0.15) is 0 Å². The molecular formula is C12H14ClN3O3. The van der Waals surface area contributed by atoms with Crippen LogP contribution < -0.4 is 0 Å². The number of carbonyl (C=O) groups is 2. The molecule has 0 radical (unpaired) electrons. The maximum absolute atomic E-state index is 12.1. The van der Waals surface area contributed by atoms with Gasteiger partial charge in [-0.15, -0.1) is 10.2 Å². The maximum atomic E-state index is 12.1. The van der Waals surface area contributed by atoms with Crippen LogP contribution in [0.4, 0.5) is 0 Å². The number of amides is 1. The molecule has 1 fully saturated rings. The minimum Gasteiger partial charge on any atom is -0.481 e. The molecule has 1 amide bonds. The Morgan fingerprint density at radius 3 is 2.53 bits per heavy atom. The third-order valence-electron chi connectivity index (χ3n) is 3.22. The van der Waals surface area contributed by atoms with Crippen LogP contribution in [0.15, 0.2) is 12.1 Å². The second-order valence-electron chi connectivity index (χ2n) is 4.57. The molecule has 1 N–H and O–H groups in total. The Labute approximate surface area is 115 Å². The summed E-state index contributed by atoms with van der Waals surface area (Å²) in [6.45, 7) is 1.11. The van der Waals surface area contributed by atoms with E-state index in [2.05, 4.69) is 10.2 Å². The molecule has 1 aliphatic rings. The van der Waals surface area contributed by atoms with Gasteiger partial charge in [-0.1, -0.05) is 11.6 Å². The standard InChI is InChI=1S/C12H14ClN3O3/c13-10-2-1-9(14-15-10)12(19)16-5-3-8(4-6-16)7-11(17)18/h1-2,8H,3-7H2,(H,17,18). The second-order valence-corrected chi connectivity index (χ2v) is 4.96. The average molecular weight is 284 g/mol. The molecule has 0 bridgehead atoms. The Kier molecular flexibility index (Phi) is 4.31. The third kappa shape index (κ3) is 3.64. The number of aliphatic carboxylic acids is 1. The van der Waals surface area contributed by atoms with Crippen LogP contribution in [0.3, 0.4) is 0 Å². The molecule has 1 aromatic rings. The van der Waals surface area contributed by atoms with Crippen LogP contribution in [0.5, 0.6) is 0 Å². The molecule has 0 saturated carbocycles. The highest BCUT2D eigenvalue weighted by Crippen LogP contribution is 2.21. The first-order valence-corrected chi connectivity index (χ1v) is 6.44. The first-order chi connectivity index (χ1) is 9.06. The van der Waals surface area contributed by atoms with Gasteiger partial charge in [0.25, 0.3) is 5.91 Å². The summed E-state index contributed by atoms with van der Waals surface area (Å²) >= 11 is 5.62. The predicted octanol–water partition coefficient (Wildman–Crippen LogP) is 1.46. The molecule has 7 heteroatoms. The third-order valence-corrected chi connectivity index (χ3v) is 3.42. The average Bonchev–Trinajstić information content (AvgIpc) is 2.39. The van der Waals surface area contributed by atoms with Crippen molar-refractivity contribution in [2.24, 2.45) is 5.92 Å². The number of piperidine rings is 1. The van der Waals surface area contributed by atoms with E-state index in [1.165, 1.54) is 6.07 Å². The highest BCUT2D eigenvalue weighted by Gasteiger charge is 2.25. The molecule has 6 nitrogen and oxygen atoms in total. The normalized spacial score (nSPS) is 16.4. The van der Waals surface area contributed by atoms with Gasteiger partial charge in [0, 0.05) is 19.5 Å². The van der Waals surface area contributed by atoms with Gasteiger partial charge in [-0.3, -0.25) is 9.59 Å².